The van der Waals surface area contributed by atoms with Gasteiger partial charge in [0.05, 0.1) is 17.2 Å². The van der Waals surface area contributed by atoms with Crippen LogP contribution in [0.1, 0.15) is 43.2 Å². The minimum Gasteiger partial charge on any atom is -0.454 e. The number of ether oxygens (including phenoxy) is 1. The first-order valence-corrected chi connectivity index (χ1v) is 9.40. The van der Waals surface area contributed by atoms with Crippen molar-refractivity contribution in [3.8, 4) is 6.07 Å². The Bertz CT molecular complexity index is 1080. The molecule has 1 aromatic heterocycles. The number of aryl methyl sites for hydroxylation is 2. The van der Waals surface area contributed by atoms with E-state index in [1.54, 1.807) is 18.2 Å². The molecule has 3 aromatic rings. The maximum Gasteiger partial charge on any atom is 0.338 e. The molecule has 5 nitrogen and oxygen atoms in total. The Hall–Kier alpha value is -3.65. The highest BCUT2D eigenvalue weighted by atomic mass is 16.5. The summed E-state index contributed by atoms with van der Waals surface area (Å²) in [6, 6.07) is 20.2. The molecule has 146 valence electrons. The number of rotatable bonds is 7. The van der Waals surface area contributed by atoms with Gasteiger partial charge in [-0.2, -0.15) is 5.26 Å². The molecule has 0 radical (unpaired) electrons. The van der Waals surface area contributed by atoms with Crippen LogP contribution < -0.4 is 0 Å². The second-order valence-corrected chi connectivity index (χ2v) is 6.86. The third kappa shape index (κ3) is 4.80. The quantitative estimate of drug-likeness (QED) is 0.449. The van der Waals surface area contributed by atoms with Crippen LogP contribution in [0, 0.1) is 25.2 Å². The van der Waals surface area contributed by atoms with E-state index in [0.29, 0.717) is 11.1 Å². The normalized spacial score (nSPS) is 10.4. The lowest BCUT2D eigenvalue weighted by Crippen LogP contribution is -2.15. The molecule has 1 heterocycles. The fourth-order valence-corrected chi connectivity index (χ4v) is 3.32. The Morgan fingerprint density at radius 1 is 1.03 bits per heavy atom. The molecule has 0 fully saturated rings. The zero-order chi connectivity index (χ0) is 20.8. The molecule has 5 heteroatoms. The monoisotopic (exact) mass is 386 g/mol. The van der Waals surface area contributed by atoms with E-state index in [4.69, 9.17) is 10.00 Å². The maximum absolute atomic E-state index is 12.6. The zero-order valence-electron chi connectivity index (χ0n) is 16.5. The molecular formula is C24H22N2O3. The number of carbonyl (C=O) groups is 2. The van der Waals surface area contributed by atoms with Crippen LogP contribution in [0.5, 0.6) is 0 Å². The lowest BCUT2D eigenvalue weighted by Gasteiger charge is -2.10. The van der Waals surface area contributed by atoms with E-state index in [9.17, 15) is 9.59 Å². The van der Waals surface area contributed by atoms with Crippen molar-refractivity contribution in [2.24, 2.45) is 0 Å². The summed E-state index contributed by atoms with van der Waals surface area (Å²) in [5.41, 5.74) is 4.29. The van der Waals surface area contributed by atoms with Crippen LogP contribution in [0.2, 0.25) is 0 Å². The van der Waals surface area contributed by atoms with Crippen molar-refractivity contribution in [3.05, 3.63) is 94.3 Å². The summed E-state index contributed by atoms with van der Waals surface area (Å²) in [5.74, 6) is -0.859. The lowest BCUT2D eigenvalue weighted by atomic mass is 10.1. The van der Waals surface area contributed by atoms with E-state index in [2.05, 4.69) is 16.7 Å². The molecule has 0 spiro atoms. The Labute approximate surface area is 170 Å². The summed E-state index contributed by atoms with van der Waals surface area (Å²) >= 11 is 0. The third-order valence-electron chi connectivity index (χ3n) is 4.90. The number of nitriles is 1. The molecule has 3 rings (SSSR count). The number of carbonyl (C=O) groups excluding carboxylic acids is 2. The van der Waals surface area contributed by atoms with Gasteiger partial charge in [0.25, 0.3) is 0 Å². The first-order valence-electron chi connectivity index (χ1n) is 9.40. The molecule has 0 saturated heterocycles. The summed E-state index contributed by atoms with van der Waals surface area (Å²) < 4.78 is 7.28. The Balaban J connectivity index is 1.65. The molecule has 0 aliphatic heterocycles. The van der Waals surface area contributed by atoms with Gasteiger partial charge in [-0.3, -0.25) is 4.79 Å². The molecule has 0 amide bonds. The number of nitrogens with zero attached hydrogens (tertiary/aromatic N) is 2. The molecule has 0 aliphatic carbocycles. The Morgan fingerprint density at radius 3 is 2.52 bits per heavy atom. The lowest BCUT2D eigenvalue weighted by molar-refractivity contribution is 0.0474. The molecule has 0 aliphatic rings. The van der Waals surface area contributed by atoms with E-state index in [-0.39, 0.29) is 18.0 Å². The molecule has 0 atom stereocenters. The van der Waals surface area contributed by atoms with Crippen molar-refractivity contribution in [3.63, 3.8) is 0 Å². The molecule has 0 saturated carbocycles. The third-order valence-corrected chi connectivity index (χ3v) is 4.90. The second kappa shape index (κ2) is 9.03. The van der Waals surface area contributed by atoms with Crippen molar-refractivity contribution in [1.82, 2.24) is 4.57 Å². The summed E-state index contributed by atoms with van der Waals surface area (Å²) in [7, 11) is 0. The Kier molecular flexibility index (Phi) is 6.25. The maximum atomic E-state index is 12.6. The number of aromatic nitrogens is 1. The van der Waals surface area contributed by atoms with E-state index in [1.165, 1.54) is 11.6 Å². The average molecular weight is 386 g/mol. The minimum atomic E-state index is -0.617. The molecular weight excluding hydrogens is 364 g/mol. The SMILES string of the molecule is Cc1cc(C(=O)COC(=O)c2cccc(C#N)c2)c(C)n1CCc1ccccc1. The first kappa shape index (κ1) is 20.1. The summed E-state index contributed by atoms with van der Waals surface area (Å²) in [4.78, 5) is 24.8. The van der Waals surface area contributed by atoms with Crippen LogP contribution in [0.3, 0.4) is 0 Å². The van der Waals surface area contributed by atoms with Crippen LogP contribution in [-0.2, 0) is 17.7 Å². The molecule has 2 aromatic carbocycles. The highest BCUT2D eigenvalue weighted by Crippen LogP contribution is 2.17. The number of hydrogen-bond donors (Lipinski definition) is 0. The fourth-order valence-electron chi connectivity index (χ4n) is 3.32. The zero-order valence-corrected chi connectivity index (χ0v) is 16.5. The highest BCUT2D eigenvalue weighted by molar-refractivity contribution is 6.00. The minimum absolute atomic E-state index is 0.242. The van der Waals surface area contributed by atoms with Crippen molar-refractivity contribution < 1.29 is 14.3 Å². The molecule has 0 N–H and O–H groups in total. The van der Waals surface area contributed by atoms with E-state index in [1.807, 2.05) is 44.2 Å². The standard InChI is InChI=1S/C24H22N2O3/c1-17-13-22(18(2)26(17)12-11-19-7-4-3-5-8-19)23(27)16-29-24(28)21-10-6-9-20(14-21)15-25/h3-10,13-14H,11-12,16H2,1-2H3. The summed E-state index contributed by atoms with van der Waals surface area (Å²) in [5, 5.41) is 8.93. The molecule has 0 unspecified atom stereocenters. The number of benzene rings is 2. The van der Waals surface area contributed by atoms with Gasteiger partial charge in [-0.15, -0.1) is 0 Å². The van der Waals surface area contributed by atoms with Crippen LogP contribution >= 0.6 is 0 Å². The van der Waals surface area contributed by atoms with Crippen LogP contribution in [0.4, 0.5) is 0 Å². The van der Waals surface area contributed by atoms with Gasteiger partial charge >= 0.3 is 5.97 Å². The highest BCUT2D eigenvalue weighted by Gasteiger charge is 2.18. The van der Waals surface area contributed by atoms with E-state index >= 15 is 0 Å². The molecule has 0 bridgehead atoms. The summed E-state index contributed by atoms with van der Waals surface area (Å²) in [6.07, 6.45) is 0.870. The van der Waals surface area contributed by atoms with Crippen LogP contribution in [0.15, 0.2) is 60.7 Å². The van der Waals surface area contributed by atoms with Gasteiger partial charge in [-0.1, -0.05) is 36.4 Å². The van der Waals surface area contributed by atoms with E-state index in [0.717, 1.165) is 24.4 Å². The number of hydrogen-bond acceptors (Lipinski definition) is 4. The predicted molar refractivity (Wildman–Crippen MR) is 110 cm³/mol. The second-order valence-electron chi connectivity index (χ2n) is 6.86. The van der Waals surface area contributed by atoms with Crippen LogP contribution in [-0.4, -0.2) is 22.9 Å². The first-order chi connectivity index (χ1) is 14.0. The van der Waals surface area contributed by atoms with Gasteiger partial charge in [0.15, 0.2) is 6.61 Å². The van der Waals surface area contributed by atoms with Crippen LogP contribution in [0.25, 0.3) is 0 Å². The van der Waals surface area contributed by atoms with Crippen molar-refractivity contribution in [1.29, 1.82) is 5.26 Å². The number of esters is 1. The number of ketones is 1. The van der Waals surface area contributed by atoms with Gasteiger partial charge in [-0.05, 0) is 50.1 Å². The van der Waals surface area contributed by atoms with Crippen molar-refractivity contribution in [2.45, 2.75) is 26.8 Å². The largest absolute Gasteiger partial charge is 0.454 e. The molecule has 29 heavy (non-hydrogen) atoms. The summed E-state index contributed by atoms with van der Waals surface area (Å²) in [6.45, 7) is 4.31. The van der Waals surface area contributed by atoms with Crippen molar-refractivity contribution >= 4 is 11.8 Å². The van der Waals surface area contributed by atoms with Gasteiger partial charge in [0.1, 0.15) is 0 Å². The topological polar surface area (TPSA) is 72.1 Å². The predicted octanol–water partition coefficient (Wildman–Crippen LogP) is 4.26. The fraction of sp³-hybridized carbons (Fsp3) is 0.208. The van der Waals surface area contributed by atoms with Gasteiger partial charge in [0.2, 0.25) is 5.78 Å². The smallest absolute Gasteiger partial charge is 0.338 e. The van der Waals surface area contributed by atoms with E-state index < -0.39 is 5.97 Å². The number of Topliss-reactive ketones (excluding diaryl/α,β-unsaturated/α-hetero) is 1. The van der Waals surface area contributed by atoms with Gasteiger partial charge in [-0.25, -0.2) is 4.79 Å². The van der Waals surface area contributed by atoms with Crippen molar-refractivity contribution in [2.75, 3.05) is 6.61 Å². The average Bonchev–Trinajstić information content (AvgIpc) is 3.04. The Morgan fingerprint density at radius 2 is 1.79 bits per heavy atom. The van der Waals surface area contributed by atoms with Gasteiger partial charge in [0, 0.05) is 23.5 Å². The van der Waals surface area contributed by atoms with Gasteiger partial charge < -0.3 is 9.30 Å².